The molecule has 7 nitrogen and oxygen atoms in total. The Morgan fingerprint density at radius 3 is 3.00 bits per heavy atom. The van der Waals surface area contributed by atoms with Crippen LogP contribution in [-0.4, -0.2) is 26.1 Å². The van der Waals surface area contributed by atoms with E-state index in [1.54, 1.807) is 12.4 Å². The van der Waals surface area contributed by atoms with Crippen molar-refractivity contribution in [3.63, 3.8) is 0 Å². The summed E-state index contributed by atoms with van der Waals surface area (Å²) in [5.41, 5.74) is 5.73. The molecule has 0 aliphatic heterocycles. The summed E-state index contributed by atoms with van der Waals surface area (Å²) < 4.78 is 0. The van der Waals surface area contributed by atoms with E-state index in [-0.39, 0.29) is 17.8 Å². The van der Waals surface area contributed by atoms with Gasteiger partial charge in [-0.2, -0.15) is 5.10 Å². The van der Waals surface area contributed by atoms with Crippen molar-refractivity contribution in [3.8, 4) is 0 Å². The molecular weight excluding hydrogens is 208 g/mol. The average molecular weight is 220 g/mol. The van der Waals surface area contributed by atoms with Crippen LogP contribution in [0, 0.1) is 0 Å². The van der Waals surface area contributed by atoms with E-state index in [1.807, 2.05) is 6.92 Å². The number of hydrogen-bond donors (Lipinski definition) is 4. The number of nitrogen functional groups attached to an aromatic ring is 1. The van der Waals surface area contributed by atoms with Crippen molar-refractivity contribution in [2.24, 2.45) is 0 Å². The Labute approximate surface area is 91.5 Å². The summed E-state index contributed by atoms with van der Waals surface area (Å²) in [5, 5.41) is 8.97. The molecule has 2 aromatic heterocycles. The lowest BCUT2D eigenvalue weighted by atomic mass is 10.3. The number of imidazole rings is 1. The minimum absolute atomic E-state index is 0.202. The number of nitrogens with two attached hydrogens (primary N) is 1. The highest BCUT2D eigenvalue weighted by Crippen LogP contribution is 2.07. The monoisotopic (exact) mass is 220 g/mol. The highest BCUT2D eigenvalue weighted by molar-refractivity contribution is 5.93. The third-order valence-electron chi connectivity index (χ3n) is 2.12. The van der Waals surface area contributed by atoms with E-state index in [9.17, 15) is 4.79 Å². The Morgan fingerprint density at radius 1 is 1.62 bits per heavy atom. The third kappa shape index (κ3) is 2.02. The van der Waals surface area contributed by atoms with Crippen LogP contribution in [0.3, 0.4) is 0 Å². The molecule has 84 valence electrons. The zero-order chi connectivity index (χ0) is 11.5. The van der Waals surface area contributed by atoms with E-state index in [0.29, 0.717) is 11.5 Å². The Balaban J connectivity index is 2.03. The first-order chi connectivity index (χ1) is 7.66. The molecule has 16 heavy (non-hydrogen) atoms. The minimum atomic E-state index is -0.270. The van der Waals surface area contributed by atoms with Gasteiger partial charge in [0.2, 0.25) is 0 Å². The lowest BCUT2D eigenvalue weighted by Gasteiger charge is -2.09. The van der Waals surface area contributed by atoms with Crippen LogP contribution in [0.1, 0.15) is 29.3 Å². The molecule has 2 aromatic rings. The first kappa shape index (κ1) is 10.2. The first-order valence-corrected chi connectivity index (χ1v) is 4.78. The second kappa shape index (κ2) is 4.05. The molecule has 5 N–H and O–H groups in total. The molecule has 0 saturated carbocycles. The molecule has 0 bridgehead atoms. The maximum atomic E-state index is 11.7. The van der Waals surface area contributed by atoms with Gasteiger partial charge < -0.3 is 16.0 Å². The van der Waals surface area contributed by atoms with Gasteiger partial charge in [0.05, 0.1) is 6.04 Å². The quantitative estimate of drug-likeness (QED) is 0.592. The fourth-order valence-corrected chi connectivity index (χ4v) is 1.31. The predicted octanol–water partition coefficient (Wildman–Crippen LogP) is 0.206. The van der Waals surface area contributed by atoms with Crippen LogP contribution in [0.5, 0.6) is 0 Å². The number of anilines is 1. The number of aromatic amines is 2. The maximum absolute atomic E-state index is 11.7. The van der Waals surface area contributed by atoms with Gasteiger partial charge in [0.25, 0.3) is 5.91 Å². The molecule has 2 rings (SSSR count). The predicted molar refractivity (Wildman–Crippen MR) is 57.5 cm³/mol. The standard InChI is InChI=1S/C9H12N6O/c1-5(8-11-2-3-12-8)13-9(16)6-4-7(10)15-14-6/h2-5H,1H3,(H,11,12)(H,13,16)(H3,10,14,15). The molecular formula is C9H12N6O. The Bertz CT molecular complexity index is 474. The van der Waals surface area contributed by atoms with E-state index >= 15 is 0 Å². The number of nitrogens with one attached hydrogen (secondary N) is 3. The fourth-order valence-electron chi connectivity index (χ4n) is 1.31. The van der Waals surface area contributed by atoms with Gasteiger partial charge in [-0.25, -0.2) is 4.98 Å². The topological polar surface area (TPSA) is 112 Å². The Hall–Kier alpha value is -2.31. The number of aromatic nitrogens is 4. The number of nitrogens with zero attached hydrogens (tertiary/aromatic N) is 2. The van der Waals surface area contributed by atoms with Gasteiger partial charge in [-0.05, 0) is 6.92 Å². The van der Waals surface area contributed by atoms with Crippen LogP contribution in [0.4, 0.5) is 5.82 Å². The molecule has 0 aliphatic carbocycles. The molecule has 0 radical (unpaired) electrons. The SMILES string of the molecule is CC(NC(=O)c1cc(N)n[nH]1)c1ncc[nH]1. The number of carbonyl (C=O) groups is 1. The van der Waals surface area contributed by atoms with Crippen LogP contribution >= 0.6 is 0 Å². The van der Waals surface area contributed by atoms with Gasteiger partial charge in [-0.15, -0.1) is 0 Å². The van der Waals surface area contributed by atoms with E-state index in [2.05, 4.69) is 25.5 Å². The summed E-state index contributed by atoms with van der Waals surface area (Å²) in [6.07, 6.45) is 3.33. The largest absolute Gasteiger partial charge is 0.382 e. The van der Waals surface area contributed by atoms with Crippen LogP contribution in [-0.2, 0) is 0 Å². The van der Waals surface area contributed by atoms with E-state index < -0.39 is 0 Å². The molecule has 0 spiro atoms. The summed E-state index contributed by atoms with van der Waals surface area (Å²) >= 11 is 0. The second-order valence-electron chi connectivity index (χ2n) is 3.38. The maximum Gasteiger partial charge on any atom is 0.269 e. The number of amides is 1. The molecule has 0 saturated heterocycles. The van der Waals surface area contributed by atoms with Crippen molar-refractivity contribution in [2.75, 3.05) is 5.73 Å². The van der Waals surface area contributed by atoms with Crippen LogP contribution in [0.15, 0.2) is 18.5 Å². The van der Waals surface area contributed by atoms with Crippen LogP contribution in [0.25, 0.3) is 0 Å². The second-order valence-corrected chi connectivity index (χ2v) is 3.38. The number of rotatable bonds is 3. The highest BCUT2D eigenvalue weighted by Gasteiger charge is 2.14. The molecule has 1 atom stereocenters. The van der Waals surface area contributed by atoms with Crippen molar-refractivity contribution >= 4 is 11.7 Å². The summed E-state index contributed by atoms with van der Waals surface area (Å²) in [7, 11) is 0. The van der Waals surface area contributed by atoms with Gasteiger partial charge in [-0.3, -0.25) is 9.89 Å². The Morgan fingerprint density at radius 2 is 2.44 bits per heavy atom. The lowest BCUT2D eigenvalue weighted by molar-refractivity contribution is 0.0933. The molecule has 1 amide bonds. The summed E-state index contributed by atoms with van der Waals surface area (Å²) in [6.45, 7) is 1.83. The van der Waals surface area contributed by atoms with Gasteiger partial charge in [0.1, 0.15) is 17.3 Å². The molecule has 0 aliphatic rings. The molecule has 1 unspecified atom stereocenters. The van der Waals surface area contributed by atoms with E-state index in [0.717, 1.165) is 0 Å². The van der Waals surface area contributed by atoms with Crippen molar-refractivity contribution < 1.29 is 4.79 Å². The third-order valence-corrected chi connectivity index (χ3v) is 2.12. The smallest absolute Gasteiger partial charge is 0.269 e. The average Bonchev–Trinajstić information content (AvgIpc) is 2.87. The first-order valence-electron chi connectivity index (χ1n) is 4.78. The molecule has 0 aromatic carbocycles. The summed E-state index contributed by atoms with van der Waals surface area (Å²) in [6, 6.07) is 1.27. The summed E-state index contributed by atoms with van der Waals surface area (Å²) in [4.78, 5) is 18.7. The van der Waals surface area contributed by atoms with Crippen molar-refractivity contribution in [1.29, 1.82) is 0 Å². The van der Waals surface area contributed by atoms with Crippen LogP contribution in [0.2, 0.25) is 0 Å². The van der Waals surface area contributed by atoms with Crippen molar-refractivity contribution in [1.82, 2.24) is 25.5 Å². The molecule has 7 heteroatoms. The minimum Gasteiger partial charge on any atom is -0.382 e. The summed E-state index contributed by atoms with van der Waals surface area (Å²) in [5.74, 6) is 0.713. The fraction of sp³-hybridized carbons (Fsp3) is 0.222. The van der Waals surface area contributed by atoms with Gasteiger partial charge in [-0.1, -0.05) is 0 Å². The number of hydrogen-bond acceptors (Lipinski definition) is 4. The zero-order valence-corrected chi connectivity index (χ0v) is 8.69. The van der Waals surface area contributed by atoms with Gasteiger partial charge >= 0.3 is 0 Å². The highest BCUT2D eigenvalue weighted by atomic mass is 16.2. The van der Waals surface area contributed by atoms with E-state index in [1.165, 1.54) is 6.07 Å². The molecule has 0 fully saturated rings. The van der Waals surface area contributed by atoms with Gasteiger partial charge in [0, 0.05) is 18.5 Å². The Kier molecular flexibility index (Phi) is 2.59. The lowest BCUT2D eigenvalue weighted by Crippen LogP contribution is -2.27. The normalized spacial score (nSPS) is 12.3. The van der Waals surface area contributed by atoms with Crippen LogP contribution < -0.4 is 11.1 Å². The number of carbonyl (C=O) groups excluding carboxylic acids is 1. The van der Waals surface area contributed by atoms with E-state index in [4.69, 9.17) is 5.73 Å². The molecule has 2 heterocycles. The zero-order valence-electron chi connectivity index (χ0n) is 8.69. The van der Waals surface area contributed by atoms with Crippen molar-refractivity contribution in [2.45, 2.75) is 13.0 Å². The van der Waals surface area contributed by atoms with Crippen molar-refractivity contribution in [3.05, 3.63) is 30.0 Å². The van der Waals surface area contributed by atoms with Gasteiger partial charge in [0.15, 0.2) is 0 Å². The number of H-pyrrole nitrogens is 2.